The van der Waals surface area contributed by atoms with E-state index in [9.17, 15) is 4.79 Å². The van der Waals surface area contributed by atoms with E-state index in [4.69, 9.17) is 15.1 Å². The van der Waals surface area contributed by atoms with Crippen molar-refractivity contribution in [2.45, 2.75) is 26.0 Å². The van der Waals surface area contributed by atoms with Gasteiger partial charge < -0.3 is 20.5 Å². The van der Waals surface area contributed by atoms with Crippen LogP contribution >= 0.6 is 0 Å². The highest BCUT2D eigenvalue weighted by molar-refractivity contribution is 5.97. The van der Waals surface area contributed by atoms with Crippen molar-refractivity contribution >= 4 is 5.91 Å². The quantitative estimate of drug-likeness (QED) is 0.520. The van der Waals surface area contributed by atoms with E-state index in [1.165, 1.54) is 6.20 Å². The highest BCUT2D eigenvalue weighted by Crippen LogP contribution is 2.17. The van der Waals surface area contributed by atoms with Crippen LogP contribution in [0.15, 0.2) is 36.0 Å². The molecule has 3 N–H and O–H groups in total. The number of amides is 1. The first-order chi connectivity index (χ1) is 10.5. The number of hydrogen-bond donors (Lipinski definition) is 3. The fourth-order valence-electron chi connectivity index (χ4n) is 1.73. The molecule has 1 rings (SSSR count). The van der Waals surface area contributed by atoms with Gasteiger partial charge in [-0.15, -0.1) is 0 Å². The Morgan fingerprint density at radius 1 is 1.41 bits per heavy atom. The molecule has 0 bridgehead atoms. The molecule has 2 atom stereocenters. The van der Waals surface area contributed by atoms with E-state index in [0.29, 0.717) is 0 Å². The molecule has 0 radical (unpaired) electrons. The molecule has 2 unspecified atom stereocenters. The second-order valence-electron chi connectivity index (χ2n) is 4.90. The standard InChI is InChI=1S/C16H21N3O3/c1-11(20)9-18-10-14(8-17)16(21)19-12(2)13-4-6-15(22-3)7-5-13/h4-7,10-12,18,20H,9H2,1-3H3,(H,19,21)/b14-10-. The van der Waals surface area contributed by atoms with Gasteiger partial charge in [-0.3, -0.25) is 4.79 Å². The average molecular weight is 303 g/mol. The van der Waals surface area contributed by atoms with Gasteiger partial charge in [0.1, 0.15) is 17.4 Å². The maximum absolute atomic E-state index is 12.0. The lowest BCUT2D eigenvalue weighted by atomic mass is 10.1. The molecule has 0 aliphatic heterocycles. The number of carbonyl (C=O) groups excluding carboxylic acids is 1. The summed E-state index contributed by atoms with van der Waals surface area (Å²) in [7, 11) is 1.59. The highest BCUT2D eigenvalue weighted by atomic mass is 16.5. The molecule has 0 aromatic heterocycles. The number of aliphatic hydroxyl groups is 1. The molecule has 6 heteroatoms. The zero-order chi connectivity index (χ0) is 16.5. The smallest absolute Gasteiger partial charge is 0.263 e. The number of aliphatic hydroxyl groups excluding tert-OH is 1. The summed E-state index contributed by atoms with van der Waals surface area (Å²) in [6.45, 7) is 3.71. The molecule has 0 saturated heterocycles. The summed E-state index contributed by atoms with van der Waals surface area (Å²) in [4.78, 5) is 12.0. The van der Waals surface area contributed by atoms with E-state index < -0.39 is 12.0 Å². The Morgan fingerprint density at radius 3 is 2.55 bits per heavy atom. The van der Waals surface area contributed by atoms with Crippen molar-refractivity contribution in [3.63, 3.8) is 0 Å². The van der Waals surface area contributed by atoms with Crippen molar-refractivity contribution in [3.8, 4) is 11.8 Å². The minimum absolute atomic E-state index is 0.0407. The van der Waals surface area contributed by atoms with Crippen LogP contribution in [0.5, 0.6) is 5.75 Å². The predicted octanol–water partition coefficient (Wildman–Crippen LogP) is 1.25. The molecule has 118 valence electrons. The third-order valence-corrected chi connectivity index (χ3v) is 2.99. The van der Waals surface area contributed by atoms with Crippen LogP contribution in [0.2, 0.25) is 0 Å². The van der Waals surface area contributed by atoms with Gasteiger partial charge in [0.15, 0.2) is 0 Å². The number of rotatable bonds is 7. The van der Waals surface area contributed by atoms with Crippen LogP contribution in [0.25, 0.3) is 0 Å². The summed E-state index contributed by atoms with van der Waals surface area (Å²) < 4.78 is 5.08. The Hall–Kier alpha value is -2.52. The van der Waals surface area contributed by atoms with Gasteiger partial charge in [0, 0.05) is 12.7 Å². The van der Waals surface area contributed by atoms with E-state index in [-0.39, 0.29) is 18.2 Å². The molecule has 0 fully saturated rings. The maximum atomic E-state index is 12.0. The number of ether oxygens (including phenoxy) is 1. The summed E-state index contributed by atoms with van der Waals surface area (Å²) in [5.74, 6) is 0.270. The number of hydrogen-bond acceptors (Lipinski definition) is 5. The number of methoxy groups -OCH3 is 1. The van der Waals surface area contributed by atoms with E-state index >= 15 is 0 Å². The third kappa shape index (κ3) is 5.46. The van der Waals surface area contributed by atoms with Crippen molar-refractivity contribution in [1.82, 2.24) is 10.6 Å². The Kier molecular flexibility index (Phi) is 6.93. The molecule has 1 aromatic carbocycles. The molecule has 0 aliphatic carbocycles. The second kappa shape index (κ2) is 8.70. The molecule has 0 heterocycles. The van der Waals surface area contributed by atoms with Crippen molar-refractivity contribution < 1.29 is 14.6 Å². The molecule has 0 aliphatic rings. The summed E-state index contributed by atoms with van der Waals surface area (Å²) in [6.07, 6.45) is 0.750. The minimum atomic E-state index is -0.558. The van der Waals surface area contributed by atoms with Gasteiger partial charge in [-0.2, -0.15) is 5.26 Å². The topological polar surface area (TPSA) is 94.4 Å². The monoisotopic (exact) mass is 303 g/mol. The number of nitrogens with one attached hydrogen (secondary N) is 2. The normalized spacial score (nSPS) is 13.7. The first-order valence-corrected chi connectivity index (χ1v) is 6.94. The molecular formula is C16H21N3O3. The third-order valence-electron chi connectivity index (χ3n) is 2.99. The van der Waals surface area contributed by atoms with Gasteiger partial charge in [-0.1, -0.05) is 12.1 Å². The summed E-state index contributed by atoms with van der Waals surface area (Å²) >= 11 is 0. The Morgan fingerprint density at radius 2 is 2.05 bits per heavy atom. The lowest BCUT2D eigenvalue weighted by molar-refractivity contribution is -0.117. The van der Waals surface area contributed by atoms with Crippen LogP contribution in [-0.4, -0.2) is 30.8 Å². The van der Waals surface area contributed by atoms with Crippen LogP contribution in [0, 0.1) is 11.3 Å². The predicted molar refractivity (Wildman–Crippen MR) is 82.9 cm³/mol. The van der Waals surface area contributed by atoms with E-state index in [0.717, 1.165) is 11.3 Å². The van der Waals surface area contributed by atoms with Gasteiger partial charge >= 0.3 is 0 Å². The summed E-state index contributed by atoms with van der Waals surface area (Å²) in [5, 5.41) is 23.6. The van der Waals surface area contributed by atoms with Gasteiger partial charge in [0.25, 0.3) is 5.91 Å². The SMILES string of the molecule is COc1ccc(C(C)NC(=O)/C(C#N)=C\NCC(C)O)cc1. The van der Waals surface area contributed by atoms with Gasteiger partial charge in [0.05, 0.1) is 19.3 Å². The molecular weight excluding hydrogens is 282 g/mol. The molecule has 1 amide bonds. The van der Waals surface area contributed by atoms with Gasteiger partial charge in [-0.25, -0.2) is 0 Å². The average Bonchev–Trinajstić information content (AvgIpc) is 2.51. The summed E-state index contributed by atoms with van der Waals surface area (Å²) in [5.41, 5.74) is 0.865. The first-order valence-electron chi connectivity index (χ1n) is 6.94. The fourth-order valence-corrected chi connectivity index (χ4v) is 1.73. The number of benzene rings is 1. The van der Waals surface area contributed by atoms with Crippen molar-refractivity contribution in [3.05, 3.63) is 41.6 Å². The van der Waals surface area contributed by atoms with E-state index in [1.807, 2.05) is 37.3 Å². The Balaban J connectivity index is 2.66. The number of nitrogens with zero attached hydrogens (tertiary/aromatic N) is 1. The van der Waals surface area contributed by atoms with Crippen LogP contribution in [-0.2, 0) is 4.79 Å². The minimum Gasteiger partial charge on any atom is -0.497 e. The first kappa shape index (κ1) is 17.5. The zero-order valence-corrected chi connectivity index (χ0v) is 13.0. The highest BCUT2D eigenvalue weighted by Gasteiger charge is 2.13. The van der Waals surface area contributed by atoms with Gasteiger partial charge in [-0.05, 0) is 31.5 Å². The van der Waals surface area contributed by atoms with Crippen LogP contribution in [0.1, 0.15) is 25.5 Å². The van der Waals surface area contributed by atoms with Crippen molar-refractivity contribution in [1.29, 1.82) is 5.26 Å². The van der Waals surface area contributed by atoms with Crippen molar-refractivity contribution in [2.24, 2.45) is 0 Å². The molecule has 22 heavy (non-hydrogen) atoms. The Bertz CT molecular complexity index is 559. The fraction of sp³-hybridized carbons (Fsp3) is 0.375. The lowest BCUT2D eigenvalue weighted by Crippen LogP contribution is -2.29. The lowest BCUT2D eigenvalue weighted by Gasteiger charge is -2.14. The van der Waals surface area contributed by atoms with Gasteiger partial charge in [0.2, 0.25) is 0 Å². The molecule has 1 aromatic rings. The molecule has 0 saturated carbocycles. The summed E-state index contributed by atoms with van der Waals surface area (Å²) in [6, 6.07) is 8.91. The number of carbonyl (C=O) groups is 1. The second-order valence-corrected chi connectivity index (χ2v) is 4.90. The van der Waals surface area contributed by atoms with Crippen LogP contribution in [0.4, 0.5) is 0 Å². The Labute approximate surface area is 130 Å². The molecule has 6 nitrogen and oxygen atoms in total. The largest absolute Gasteiger partial charge is 0.497 e. The zero-order valence-electron chi connectivity index (χ0n) is 13.0. The number of nitriles is 1. The van der Waals surface area contributed by atoms with E-state index in [2.05, 4.69) is 10.6 Å². The van der Waals surface area contributed by atoms with Crippen molar-refractivity contribution in [2.75, 3.05) is 13.7 Å². The van der Waals surface area contributed by atoms with Crippen LogP contribution in [0.3, 0.4) is 0 Å². The maximum Gasteiger partial charge on any atom is 0.263 e. The van der Waals surface area contributed by atoms with E-state index in [1.54, 1.807) is 14.0 Å². The molecule has 0 spiro atoms. The van der Waals surface area contributed by atoms with Crippen LogP contribution < -0.4 is 15.4 Å².